The van der Waals surface area contributed by atoms with Gasteiger partial charge in [0.15, 0.2) is 5.78 Å². The van der Waals surface area contributed by atoms with Gasteiger partial charge in [0.05, 0.1) is 11.4 Å². The molecule has 11 heteroatoms. The summed E-state index contributed by atoms with van der Waals surface area (Å²) >= 11 is 0. The molecule has 0 unspecified atom stereocenters. The summed E-state index contributed by atoms with van der Waals surface area (Å²) in [6, 6.07) is 0.989. The van der Waals surface area contributed by atoms with E-state index in [2.05, 4.69) is 33.1 Å². The second-order valence-electron chi connectivity index (χ2n) is 4.86. The van der Waals surface area contributed by atoms with Gasteiger partial charge >= 0.3 is 12.4 Å². The van der Waals surface area contributed by atoms with Crippen molar-refractivity contribution in [1.82, 2.24) is 19.9 Å². The molecule has 5 nitrogen and oxygen atoms in total. The van der Waals surface area contributed by atoms with Crippen LogP contribution in [0.15, 0.2) is 37.9 Å². The monoisotopic (exact) mass is 374 g/mol. The molecule has 2 heterocycles. The first-order valence-electron chi connectivity index (χ1n) is 6.63. The Morgan fingerprint density at radius 2 is 1.08 bits per heavy atom. The minimum absolute atomic E-state index is 0.441. The fraction of sp³-hybridized carbons (Fsp3) is 0.133. The lowest BCUT2D eigenvalue weighted by Gasteiger charge is -2.10. The van der Waals surface area contributed by atoms with Crippen LogP contribution in [0.3, 0.4) is 0 Å². The molecule has 26 heavy (non-hydrogen) atoms. The summed E-state index contributed by atoms with van der Waals surface area (Å²) in [5.74, 6) is -1.02. The van der Waals surface area contributed by atoms with Crippen LogP contribution in [0, 0.1) is 0 Å². The van der Waals surface area contributed by atoms with E-state index in [9.17, 15) is 31.1 Å². The molecule has 136 valence electrons. The van der Waals surface area contributed by atoms with Gasteiger partial charge in [-0.1, -0.05) is 13.2 Å². The van der Waals surface area contributed by atoms with Crippen molar-refractivity contribution in [3.05, 3.63) is 60.7 Å². The molecule has 0 aliphatic heterocycles. The summed E-state index contributed by atoms with van der Waals surface area (Å²) in [6.45, 7) is 6.66. The molecule has 0 aliphatic carbocycles. The fourth-order valence-electron chi connectivity index (χ4n) is 1.77. The number of carbonyl (C=O) groups excluding carboxylic acids is 1. The minimum atomic E-state index is -4.77. The molecule has 0 atom stereocenters. The smallest absolute Gasteiger partial charge is 0.288 e. The zero-order valence-electron chi connectivity index (χ0n) is 12.7. The van der Waals surface area contributed by atoms with Crippen molar-refractivity contribution in [2.75, 3.05) is 0 Å². The third-order valence-corrected chi connectivity index (χ3v) is 3.08. The normalized spacial score (nSPS) is 11.9. The molecule has 2 rings (SSSR count). The molecule has 0 amide bonds. The van der Waals surface area contributed by atoms with Crippen LogP contribution in [0.25, 0.3) is 11.1 Å². The van der Waals surface area contributed by atoms with Crippen molar-refractivity contribution in [1.29, 1.82) is 0 Å². The minimum Gasteiger partial charge on any atom is -0.288 e. The molecule has 0 N–H and O–H groups in total. The molecule has 0 bridgehead atoms. The molecule has 0 radical (unpaired) electrons. The molecule has 2 aromatic heterocycles. The first-order chi connectivity index (χ1) is 11.9. The van der Waals surface area contributed by atoms with E-state index in [4.69, 9.17) is 0 Å². The predicted molar refractivity (Wildman–Crippen MR) is 77.1 cm³/mol. The molecule has 0 aliphatic rings. The van der Waals surface area contributed by atoms with E-state index in [1.54, 1.807) is 0 Å². The number of alkyl halides is 6. The van der Waals surface area contributed by atoms with Gasteiger partial charge in [-0.05, 0) is 12.1 Å². The van der Waals surface area contributed by atoms with Gasteiger partial charge in [-0.2, -0.15) is 26.3 Å². The number of rotatable bonds is 4. The molecular weight excluding hydrogens is 366 g/mol. The lowest BCUT2D eigenvalue weighted by atomic mass is 10.00. The van der Waals surface area contributed by atoms with E-state index in [-0.39, 0.29) is 0 Å². The van der Waals surface area contributed by atoms with Gasteiger partial charge in [0.25, 0.3) is 0 Å². The second-order valence-corrected chi connectivity index (χ2v) is 4.86. The highest BCUT2D eigenvalue weighted by Crippen LogP contribution is 2.31. The van der Waals surface area contributed by atoms with E-state index in [1.165, 1.54) is 0 Å². The maximum Gasteiger partial charge on any atom is 0.433 e. The van der Waals surface area contributed by atoms with E-state index in [0.29, 0.717) is 24.8 Å². The van der Waals surface area contributed by atoms with Gasteiger partial charge in [0.1, 0.15) is 24.0 Å². The first kappa shape index (κ1) is 19.2. The highest BCUT2D eigenvalue weighted by Gasteiger charge is 2.34. The zero-order chi connectivity index (χ0) is 19.7. The van der Waals surface area contributed by atoms with Gasteiger partial charge in [-0.15, -0.1) is 0 Å². The van der Waals surface area contributed by atoms with Crippen LogP contribution in [-0.4, -0.2) is 25.7 Å². The summed E-state index contributed by atoms with van der Waals surface area (Å²) in [4.78, 5) is 25.4. The molecular formula is C15H8F6N4O. The van der Waals surface area contributed by atoms with Crippen LogP contribution in [0.2, 0.25) is 0 Å². The number of carbonyl (C=O) groups is 1. The number of hydrogen-bond donors (Lipinski definition) is 0. The van der Waals surface area contributed by atoms with E-state index >= 15 is 0 Å². The van der Waals surface area contributed by atoms with Crippen LogP contribution in [0.5, 0.6) is 0 Å². The van der Waals surface area contributed by atoms with Crippen LogP contribution >= 0.6 is 0 Å². The molecule has 2 aromatic rings. The van der Waals surface area contributed by atoms with Gasteiger partial charge in [0, 0.05) is 11.1 Å². The van der Waals surface area contributed by atoms with Crippen LogP contribution in [0.4, 0.5) is 26.3 Å². The Hall–Kier alpha value is -3.11. The Bertz CT molecular complexity index is 817. The third-order valence-electron chi connectivity index (χ3n) is 3.08. The summed E-state index contributed by atoms with van der Waals surface area (Å²) < 4.78 is 76.0. The highest BCUT2D eigenvalue weighted by atomic mass is 19.4. The van der Waals surface area contributed by atoms with Crippen molar-refractivity contribution in [3.63, 3.8) is 0 Å². The predicted octanol–water partition coefficient (Wildman–Crippen LogP) is 3.60. The average molecular weight is 374 g/mol. The van der Waals surface area contributed by atoms with Crippen molar-refractivity contribution in [2.45, 2.75) is 12.4 Å². The largest absolute Gasteiger partial charge is 0.433 e. The van der Waals surface area contributed by atoms with E-state index in [1.807, 2.05) is 0 Å². The van der Waals surface area contributed by atoms with Gasteiger partial charge in [-0.25, -0.2) is 19.9 Å². The first-order valence-corrected chi connectivity index (χ1v) is 6.63. The number of allylic oxidation sites excluding steroid dienone is 2. The van der Waals surface area contributed by atoms with Crippen LogP contribution < -0.4 is 0 Å². The summed E-state index contributed by atoms with van der Waals surface area (Å²) in [7, 11) is 0. The maximum atomic E-state index is 12.7. The average Bonchev–Trinajstić information content (AvgIpc) is 2.58. The van der Waals surface area contributed by atoms with E-state index in [0.717, 1.165) is 0 Å². The quantitative estimate of drug-likeness (QED) is 0.604. The number of nitrogens with zero attached hydrogens (tertiary/aromatic N) is 4. The summed E-state index contributed by atoms with van der Waals surface area (Å²) in [6.07, 6.45) is -8.36. The lowest BCUT2D eigenvalue weighted by Crippen LogP contribution is -2.13. The fourth-order valence-corrected chi connectivity index (χ4v) is 1.77. The Balaban J connectivity index is 2.32. The second kappa shape index (κ2) is 6.65. The van der Waals surface area contributed by atoms with Crippen molar-refractivity contribution in [2.24, 2.45) is 0 Å². The SMILES string of the molecule is C=C(C(=O)C(=C)c1cc(C(F)(F)F)ncn1)c1cc(C(F)(F)F)ncn1. The Morgan fingerprint density at radius 1 is 0.731 bits per heavy atom. The lowest BCUT2D eigenvalue weighted by molar-refractivity contribution is -0.142. The third kappa shape index (κ3) is 4.10. The van der Waals surface area contributed by atoms with E-state index < -0.39 is 52.1 Å². The Kier molecular flexibility index (Phi) is 4.92. The van der Waals surface area contributed by atoms with Gasteiger partial charge < -0.3 is 0 Å². The Morgan fingerprint density at radius 3 is 1.38 bits per heavy atom. The molecule has 0 fully saturated rings. The molecule has 0 saturated carbocycles. The number of halogens is 6. The number of Topliss-reactive ketones (excluding diaryl/α,β-unsaturated/α-hetero) is 1. The number of aromatic nitrogens is 4. The molecule has 0 aromatic carbocycles. The number of hydrogen-bond acceptors (Lipinski definition) is 5. The maximum absolute atomic E-state index is 12.7. The van der Waals surface area contributed by atoms with Gasteiger partial charge in [-0.3, -0.25) is 4.79 Å². The Labute approximate surface area is 142 Å². The topological polar surface area (TPSA) is 68.6 Å². The summed E-state index contributed by atoms with van der Waals surface area (Å²) in [5, 5.41) is 0. The molecule has 0 saturated heterocycles. The van der Waals surface area contributed by atoms with Crippen molar-refractivity contribution in [3.8, 4) is 0 Å². The molecule has 0 spiro atoms. The van der Waals surface area contributed by atoms with Crippen LogP contribution in [0.1, 0.15) is 22.8 Å². The highest BCUT2D eigenvalue weighted by molar-refractivity contribution is 6.40. The summed E-state index contributed by atoms with van der Waals surface area (Å²) in [5.41, 5.74) is -4.50. The standard InChI is InChI=1S/C15H8F6N4O/c1-7(9-3-11(14(16,17)18)24-5-22-9)13(26)8(2)10-4-12(15(19,20)21)25-6-23-10/h3-6H,1-2H2. The number of ketones is 1. The van der Waals surface area contributed by atoms with Crippen molar-refractivity contribution < 1.29 is 31.1 Å². The van der Waals surface area contributed by atoms with Crippen molar-refractivity contribution >= 4 is 16.9 Å². The van der Waals surface area contributed by atoms with Crippen LogP contribution in [-0.2, 0) is 17.1 Å². The zero-order valence-corrected chi connectivity index (χ0v) is 12.7. The van der Waals surface area contributed by atoms with Gasteiger partial charge in [0.2, 0.25) is 0 Å².